The van der Waals surface area contributed by atoms with Gasteiger partial charge in [-0.1, -0.05) is 6.08 Å². The Balaban J connectivity index is 2.52. The van der Waals surface area contributed by atoms with Crippen LogP contribution >= 0.6 is 0 Å². The van der Waals surface area contributed by atoms with Gasteiger partial charge in [-0.05, 0) is 23.8 Å². The third-order valence-electron chi connectivity index (χ3n) is 2.41. The van der Waals surface area contributed by atoms with E-state index in [1.165, 1.54) is 12.3 Å². The number of aromatic hydroxyl groups is 1. The number of benzene rings is 1. The van der Waals surface area contributed by atoms with Gasteiger partial charge in [-0.3, -0.25) is 4.79 Å². The summed E-state index contributed by atoms with van der Waals surface area (Å²) in [6.45, 7) is 0. The van der Waals surface area contributed by atoms with Gasteiger partial charge in [0.15, 0.2) is 17.1 Å². The van der Waals surface area contributed by atoms with Crippen LogP contribution in [0.15, 0.2) is 28.9 Å². The van der Waals surface area contributed by atoms with Crippen molar-refractivity contribution in [2.75, 3.05) is 0 Å². The van der Waals surface area contributed by atoms with Gasteiger partial charge >= 0.3 is 0 Å². The molecule has 0 aliphatic heterocycles. The third kappa shape index (κ3) is 0.738. The van der Waals surface area contributed by atoms with Crippen molar-refractivity contribution in [2.45, 2.75) is 0 Å². The molecule has 3 rings (SSSR count). The zero-order valence-electron chi connectivity index (χ0n) is 7.15. The number of hydrogen-bond acceptors (Lipinski definition) is 3. The Morgan fingerprint density at radius 2 is 2.14 bits per heavy atom. The van der Waals surface area contributed by atoms with Crippen LogP contribution < -0.4 is 0 Å². The van der Waals surface area contributed by atoms with E-state index in [-0.39, 0.29) is 11.5 Å². The lowest BCUT2D eigenvalue weighted by molar-refractivity contribution is 0.104. The van der Waals surface area contributed by atoms with Gasteiger partial charge in [0.1, 0.15) is 0 Å². The molecule has 0 spiro atoms. The summed E-state index contributed by atoms with van der Waals surface area (Å²) in [6, 6.07) is 3.58. The number of ketones is 1. The van der Waals surface area contributed by atoms with Crippen LogP contribution in [0.1, 0.15) is 15.9 Å². The van der Waals surface area contributed by atoms with Gasteiger partial charge in [-0.25, -0.2) is 0 Å². The van der Waals surface area contributed by atoms with Gasteiger partial charge < -0.3 is 9.52 Å². The molecule has 68 valence electrons. The summed E-state index contributed by atoms with van der Waals surface area (Å²) < 4.78 is 5.09. The average molecular weight is 186 g/mol. The summed E-state index contributed by atoms with van der Waals surface area (Å²) in [7, 11) is 0. The van der Waals surface area contributed by atoms with E-state index in [0.29, 0.717) is 11.1 Å². The number of phenolic OH excluding ortho intramolecular Hbond substituents is 1. The molecule has 0 fully saturated rings. The quantitative estimate of drug-likeness (QED) is 0.687. The number of carbonyl (C=O) groups excluding carboxylic acids is 1. The van der Waals surface area contributed by atoms with Crippen molar-refractivity contribution >= 4 is 22.8 Å². The standard InChI is InChI=1S/C11H6O3/c12-8-2-1-6-5-7-3-4-14-11(7)10(13)9(6)8/h1-5,13H. The molecule has 0 unspecified atom stereocenters. The first-order valence-electron chi connectivity index (χ1n) is 4.23. The number of carbonyl (C=O) groups is 1. The van der Waals surface area contributed by atoms with Gasteiger partial charge in [0.25, 0.3) is 0 Å². The molecule has 3 nitrogen and oxygen atoms in total. The first-order valence-corrected chi connectivity index (χ1v) is 4.23. The van der Waals surface area contributed by atoms with Crippen molar-refractivity contribution in [3.63, 3.8) is 0 Å². The molecule has 0 bridgehead atoms. The molecule has 1 aliphatic rings. The lowest BCUT2D eigenvalue weighted by Gasteiger charge is -2.01. The monoisotopic (exact) mass is 186 g/mol. The van der Waals surface area contributed by atoms with Crippen LogP contribution in [0, 0.1) is 0 Å². The van der Waals surface area contributed by atoms with Crippen LogP contribution in [0.4, 0.5) is 0 Å². The summed E-state index contributed by atoms with van der Waals surface area (Å²) in [4.78, 5) is 11.4. The second-order valence-electron chi connectivity index (χ2n) is 3.23. The minimum atomic E-state index is -0.171. The Bertz CT molecular complexity index is 575. The fourth-order valence-electron chi connectivity index (χ4n) is 1.75. The lowest BCUT2D eigenvalue weighted by atomic mass is 10.1. The number of allylic oxidation sites excluding steroid dienone is 1. The molecule has 0 radical (unpaired) electrons. The zero-order chi connectivity index (χ0) is 9.71. The molecule has 1 N–H and O–H groups in total. The minimum Gasteiger partial charge on any atom is -0.504 e. The van der Waals surface area contributed by atoms with Gasteiger partial charge in [-0.15, -0.1) is 0 Å². The van der Waals surface area contributed by atoms with Crippen LogP contribution in [-0.2, 0) is 0 Å². The molecule has 1 aromatic carbocycles. The molecule has 0 atom stereocenters. The topological polar surface area (TPSA) is 50.4 Å². The highest BCUT2D eigenvalue weighted by Crippen LogP contribution is 2.36. The van der Waals surface area contributed by atoms with E-state index in [2.05, 4.69) is 0 Å². The maximum Gasteiger partial charge on any atom is 0.190 e. The van der Waals surface area contributed by atoms with Crippen molar-refractivity contribution in [3.8, 4) is 5.75 Å². The maximum absolute atomic E-state index is 11.4. The molecule has 1 aromatic heterocycles. The predicted octanol–water partition coefficient (Wildman–Crippen LogP) is 2.35. The fourth-order valence-corrected chi connectivity index (χ4v) is 1.75. The first-order chi connectivity index (χ1) is 6.77. The highest BCUT2D eigenvalue weighted by atomic mass is 16.3. The summed E-state index contributed by atoms with van der Waals surface area (Å²) in [5.41, 5.74) is 1.47. The molecular formula is C11H6O3. The molecule has 1 heterocycles. The number of phenols is 1. The summed E-state index contributed by atoms with van der Waals surface area (Å²) in [5.74, 6) is -0.228. The smallest absolute Gasteiger partial charge is 0.190 e. The Morgan fingerprint density at radius 3 is 3.00 bits per heavy atom. The molecule has 3 heteroatoms. The van der Waals surface area contributed by atoms with Crippen LogP contribution in [-0.4, -0.2) is 10.9 Å². The summed E-state index contributed by atoms with van der Waals surface area (Å²) in [5, 5.41) is 10.6. The highest BCUT2D eigenvalue weighted by molar-refractivity contribution is 6.17. The van der Waals surface area contributed by atoms with E-state index < -0.39 is 0 Å². The fraction of sp³-hybridized carbons (Fsp3) is 0. The average Bonchev–Trinajstić information content (AvgIpc) is 2.74. The molecule has 14 heavy (non-hydrogen) atoms. The maximum atomic E-state index is 11.4. The van der Waals surface area contributed by atoms with E-state index in [1.54, 1.807) is 12.1 Å². The summed E-state index contributed by atoms with van der Waals surface area (Å²) in [6.07, 6.45) is 4.64. The number of furan rings is 1. The van der Waals surface area contributed by atoms with Crippen molar-refractivity contribution in [1.29, 1.82) is 0 Å². The second kappa shape index (κ2) is 2.26. The summed E-state index contributed by atoms with van der Waals surface area (Å²) >= 11 is 0. The Kier molecular flexibility index (Phi) is 1.19. The molecular weight excluding hydrogens is 180 g/mol. The van der Waals surface area contributed by atoms with Gasteiger partial charge in [-0.2, -0.15) is 0 Å². The third-order valence-corrected chi connectivity index (χ3v) is 2.41. The predicted molar refractivity (Wildman–Crippen MR) is 51.2 cm³/mol. The van der Waals surface area contributed by atoms with Crippen molar-refractivity contribution in [3.05, 3.63) is 35.6 Å². The highest BCUT2D eigenvalue weighted by Gasteiger charge is 2.21. The van der Waals surface area contributed by atoms with Crippen LogP contribution in [0.3, 0.4) is 0 Å². The Hall–Kier alpha value is -2.03. The van der Waals surface area contributed by atoms with Gasteiger partial charge in [0, 0.05) is 5.39 Å². The van der Waals surface area contributed by atoms with E-state index in [4.69, 9.17) is 4.42 Å². The normalized spacial score (nSPS) is 13.9. The zero-order valence-corrected chi connectivity index (χ0v) is 7.15. The number of rotatable bonds is 0. The molecule has 0 amide bonds. The number of fused-ring (bicyclic) bond motifs is 2. The van der Waals surface area contributed by atoms with E-state index in [1.807, 2.05) is 6.07 Å². The molecule has 1 aliphatic carbocycles. The van der Waals surface area contributed by atoms with E-state index >= 15 is 0 Å². The molecule has 2 aromatic rings. The van der Waals surface area contributed by atoms with Crippen LogP contribution in [0.2, 0.25) is 0 Å². The van der Waals surface area contributed by atoms with E-state index in [0.717, 1.165) is 10.9 Å². The molecule has 0 saturated heterocycles. The van der Waals surface area contributed by atoms with Crippen LogP contribution in [0.5, 0.6) is 5.75 Å². The lowest BCUT2D eigenvalue weighted by Crippen LogP contribution is -1.92. The Labute approximate surface area is 79.3 Å². The largest absolute Gasteiger partial charge is 0.504 e. The van der Waals surface area contributed by atoms with Gasteiger partial charge in [0.05, 0.1) is 11.8 Å². The number of hydrogen-bond donors (Lipinski definition) is 1. The minimum absolute atomic E-state index is 0.0579. The van der Waals surface area contributed by atoms with Gasteiger partial charge in [0.2, 0.25) is 0 Å². The van der Waals surface area contributed by atoms with Crippen LogP contribution in [0.25, 0.3) is 17.0 Å². The van der Waals surface area contributed by atoms with Crippen molar-refractivity contribution < 1.29 is 14.3 Å². The van der Waals surface area contributed by atoms with Crippen molar-refractivity contribution in [1.82, 2.24) is 0 Å². The molecule has 0 saturated carbocycles. The van der Waals surface area contributed by atoms with Crippen molar-refractivity contribution in [2.24, 2.45) is 0 Å². The first kappa shape index (κ1) is 7.38. The Morgan fingerprint density at radius 1 is 1.29 bits per heavy atom. The SMILES string of the molecule is O=C1C=Cc2cc3ccoc3c(O)c21. The van der Waals surface area contributed by atoms with E-state index in [9.17, 15) is 9.90 Å². The second-order valence-corrected chi connectivity index (χ2v) is 3.23.